The summed E-state index contributed by atoms with van der Waals surface area (Å²) in [4.78, 5) is 8.87. The Morgan fingerprint density at radius 2 is 1.87 bits per heavy atom. The second-order valence-corrected chi connectivity index (χ2v) is 8.64. The Balaban J connectivity index is 1.95. The summed E-state index contributed by atoms with van der Waals surface area (Å²) in [7, 11) is 0. The first-order chi connectivity index (χ1) is 15.0. The molecular weight excluding hydrogens is 430 g/mol. The largest absolute Gasteiger partial charge is 0.491 e. The first-order valence-corrected chi connectivity index (χ1v) is 11.6. The fraction of sp³-hybridized carbons (Fsp3) is 0.250. The Bertz CT molecular complexity index is 1210. The van der Waals surface area contributed by atoms with Gasteiger partial charge in [-0.1, -0.05) is 41.6 Å². The Morgan fingerprint density at radius 3 is 2.52 bits per heavy atom. The highest BCUT2D eigenvalue weighted by Crippen LogP contribution is 2.37. The predicted octanol–water partition coefficient (Wildman–Crippen LogP) is 5.80. The van der Waals surface area contributed by atoms with Crippen LogP contribution in [0.15, 0.2) is 60.0 Å². The van der Waals surface area contributed by atoms with Crippen molar-refractivity contribution in [2.45, 2.75) is 38.3 Å². The molecular formula is C24H24ClN3O2S. The third-order valence-corrected chi connectivity index (χ3v) is 6.00. The van der Waals surface area contributed by atoms with Gasteiger partial charge in [-0.05, 0) is 43.9 Å². The summed E-state index contributed by atoms with van der Waals surface area (Å²) in [5.41, 5.74) is 4.52. The molecule has 2 heterocycles. The lowest BCUT2D eigenvalue weighted by Crippen LogP contribution is -2.07. The number of aliphatic hydroxyl groups excluding tert-OH is 1. The van der Waals surface area contributed by atoms with Crippen LogP contribution in [-0.4, -0.2) is 32.0 Å². The number of aliphatic hydroxyl groups is 1. The number of aromatic nitrogens is 3. The molecule has 4 aromatic rings. The molecule has 7 heteroatoms. The molecule has 0 radical (unpaired) electrons. The maximum absolute atomic E-state index is 10.4. The zero-order valence-corrected chi connectivity index (χ0v) is 19.2. The first-order valence-electron chi connectivity index (χ1n) is 10.0. The van der Waals surface area contributed by atoms with Crippen molar-refractivity contribution in [2.24, 2.45) is 0 Å². The number of nitrogens with zero attached hydrogens (tertiary/aromatic N) is 3. The fourth-order valence-electron chi connectivity index (χ4n) is 3.74. The van der Waals surface area contributed by atoms with E-state index in [0.717, 1.165) is 39.0 Å². The molecule has 31 heavy (non-hydrogen) atoms. The van der Waals surface area contributed by atoms with Gasteiger partial charge in [0.1, 0.15) is 5.75 Å². The van der Waals surface area contributed by atoms with Gasteiger partial charge in [-0.25, -0.2) is 9.97 Å². The number of halogens is 1. The molecule has 2 aromatic heterocycles. The predicted molar refractivity (Wildman–Crippen MR) is 127 cm³/mol. The molecule has 0 saturated heterocycles. The number of benzene rings is 2. The van der Waals surface area contributed by atoms with E-state index < -0.39 is 0 Å². The van der Waals surface area contributed by atoms with Gasteiger partial charge in [-0.15, -0.1) is 0 Å². The summed E-state index contributed by atoms with van der Waals surface area (Å²) in [5, 5.41) is 12.8. The van der Waals surface area contributed by atoms with Crippen molar-refractivity contribution in [3.63, 3.8) is 0 Å². The summed E-state index contributed by atoms with van der Waals surface area (Å²) < 4.78 is 8.04. The molecule has 0 bridgehead atoms. The van der Waals surface area contributed by atoms with Crippen LogP contribution in [-0.2, 0) is 13.2 Å². The van der Waals surface area contributed by atoms with E-state index in [9.17, 15) is 5.11 Å². The van der Waals surface area contributed by atoms with Crippen LogP contribution in [0.25, 0.3) is 22.0 Å². The highest BCUT2D eigenvalue weighted by atomic mass is 35.5. The van der Waals surface area contributed by atoms with E-state index in [4.69, 9.17) is 16.3 Å². The Kier molecular flexibility index (Phi) is 6.51. The van der Waals surface area contributed by atoms with E-state index in [1.54, 1.807) is 0 Å². The highest BCUT2D eigenvalue weighted by Gasteiger charge is 2.20. The average Bonchev–Trinajstić information content (AvgIpc) is 3.07. The van der Waals surface area contributed by atoms with Gasteiger partial charge < -0.3 is 14.4 Å². The molecule has 0 aliphatic carbocycles. The van der Waals surface area contributed by atoms with E-state index in [-0.39, 0.29) is 12.7 Å². The molecule has 0 aliphatic heterocycles. The maximum Gasteiger partial charge on any atom is 0.187 e. The minimum absolute atomic E-state index is 0.0636. The van der Waals surface area contributed by atoms with E-state index in [2.05, 4.69) is 14.5 Å². The summed E-state index contributed by atoms with van der Waals surface area (Å²) in [6.07, 6.45) is 5.63. The van der Waals surface area contributed by atoms with Crippen LogP contribution in [0.4, 0.5) is 0 Å². The van der Waals surface area contributed by atoms with Crippen LogP contribution in [0.2, 0.25) is 5.02 Å². The van der Waals surface area contributed by atoms with Gasteiger partial charge in [0.25, 0.3) is 0 Å². The van der Waals surface area contributed by atoms with Crippen LogP contribution in [0.1, 0.15) is 25.1 Å². The van der Waals surface area contributed by atoms with E-state index >= 15 is 0 Å². The average molecular weight is 454 g/mol. The van der Waals surface area contributed by atoms with Crippen molar-refractivity contribution in [3.8, 4) is 16.9 Å². The molecule has 4 rings (SSSR count). The lowest BCUT2D eigenvalue weighted by molar-refractivity contribution is 0.242. The minimum atomic E-state index is -0.126. The van der Waals surface area contributed by atoms with Gasteiger partial charge >= 0.3 is 0 Å². The minimum Gasteiger partial charge on any atom is -0.491 e. The van der Waals surface area contributed by atoms with Crippen LogP contribution in [0, 0.1) is 0 Å². The van der Waals surface area contributed by atoms with Crippen molar-refractivity contribution < 1.29 is 9.84 Å². The van der Waals surface area contributed by atoms with Gasteiger partial charge in [0.05, 0.1) is 23.9 Å². The van der Waals surface area contributed by atoms with Crippen molar-refractivity contribution in [1.29, 1.82) is 0 Å². The third kappa shape index (κ3) is 4.42. The van der Waals surface area contributed by atoms with E-state index in [0.29, 0.717) is 16.7 Å². The maximum atomic E-state index is 10.4. The molecule has 1 N–H and O–H groups in total. The summed E-state index contributed by atoms with van der Waals surface area (Å²) in [6.45, 7) is 4.41. The standard InChI is InChI=1S/C24H24ClN3O2S/c1-15(2)30-18-8-9-19-21(10-18)28(13-16-6-4-5-7-20(16)25)22(14-29)23(19)17-11-26-24(31-3)27-12-17/h4-12,15,29H,13-14H2,1-3H3. The second kappa shape index (κ2) is 9.30. The topological polar surface area (TPSA) is 60.2 Å². The van der Waals surface area contributed by atoms with Crippen molar-refractivity contribution >= 4 is 34.3 Å². The summed E-state index contributed by atoms with van der Waals surface area (Å²) >= 11 is 7.95. The van der Waals surface area contributed by atoms with Crippen LogP contribution < -0.4 is 4.74 Å². The number of fused-ring (bicyclic) bond motifs is 1. The van der Waals surface area contributed by atoms with Crippen molar-refractivity contribution in [3.05, 3.63) is 71.1 Å². The molecule has 5 nitrogen and oxygen atoms in total. The van der Waals surface area contributed by atoms with Gasteiger partial charge in [0.15, 0.2) is 5.16 Å². The molecule has 160 valence electrons. The van der Waals surface area contributed by atoms with Crippen molar-refractivity contribution in [1.82, 2.24) is 14.5 Å². The number of hydrogen-bond acceptors (Lipinski definition) is 5. The smallest absolute Gasteiger partial charge is 0.187 e. The normalized spacial score (nSPS) is 11.4. The first kappa shape index (κ1) is 21.7. The second-order valence-electron chi connectivity index (χ2n) is 7.46. The van der Waals surface area contributed by atoms with Gasteiger partial charge in [-0.3, -0.25) is 0 Å². The SMILES string of the molecule is CSc1ncc(-c2c(CO)n(Cc3ccccc3Cl)c3cc(OC(C)C)ccc23)cn1. The summed E-state index contributed by atoms with van der Waals surface area (Å²) in [5.74, 6) is 0.783. The molecule has 0 saturated carbocycles. The van der Waals surface area contributed by atoms with E-state index in [1.165, 1.54) is 11.8 Å². The lowest BCUT2D eigenvalue weighted by atomic mass is 10.0. The van der Waals surface area contributed by atoms with Crippen LogP contribution in [0.3, 0.4) is 0 Å². The van der Waals surface area contributed by atoms with Crippen LogP contribution in [0.5, 0.6) is 5.75 Å². The molecule has 0 amide bonds. The zero-order chi connectivity index (χ0) is 22.0. The number of ether oxygens (including phenoxy) is 1. The molecule has 0 fully saturated rings. The molecule has 0 atom stereocenters. The van der Waals surface area contributed by atoms with Crippen molar-refractivity contribution in [2.75, 3.05) is 6.26 Å². The molecule has 0 unspecified atom stereocenters. The lowest BCUT2D eigenvalue weighted by Gasteiger charge is -2.13. The quantitative estimate of drug-likeness (QED) is 0.283. The van der Waals surface area contributed by atoms with E-state index in [1.807, 2.05) is 75.0 Å². The Hall–Kier alpha value is -2.54. The summed E-state index contributed by atoms with van der Waals surface area (Å²) in [6, 6.07) is 13.8. The Labute approximate surface area is 191 Å². The number of hydrogen-bond donors (Lipinski definition) is 1. The van der Waals surface area contributed by atoms with Gasteiger partial charge in [-0.2, -0.15) is 0 Å². The zero-order valence-electron chi connectivity index (χ0n) is 17.7. The number of thioether (sulfide) groups is 1. The number of rotatable bonds is 7. The Morgan fingerprint density at radius 1 is 1.13 bits per heavy atom. The monoisotopic (exact) mass is 453 g/mol. The fourth-order valence-corrected chi connectivity index (χ4v) is 4.25. The van der Waals surface area contributed by atoms with Gasteiger partial charge in [0, 0.05) is 46.5 Å². The third-order valence-electron chi connectivity index (χ3n) is 5.05. The molecule has 2 aromatic carbocycles. The molecule has 0 aliphatic rings. The highest BCUT2D eigenvalue weighted by molar-refractivity contribution is 7.98. The van der Waals surface area contributed by atoms with Crippen LogP contribution >= 0.6 is 23.4 Å². The molecule has 0 spiro atoms. The van der Waals surface area contributed by atoms with Gasteiger partial charge in [0.2, 0.25) is 0 Å².